The van der Waals surface area contributed by atoms with Crippen molar-refractivity contribution in [1.29, 1.82) is 0 Å². The summed E-state index contributed by atoms with van der Waals surface area (Å²) in [6.07, 6.45) is 0.845. The summed E-state index contributed by atoms with van der Waals surface area (Å²) in [5.41, 5.74) is 0. The maximum Gasteiger partial charge on any atom is 0.318 e. The number of nitrogens with one attached hydrogen (secondary N) is 1. The van der Waals surface area contributed by atoms with Gasteiger partial charge < -0.3 is 10.1 Å². The van der Waals surface area contributed by atoms with E-state index in [0.29, 0.717) is 0 Å². The van der Waals surface area contributed by atoms with Crippen molar-refractivity contribution >= 4 is 11.9 Å². The number of carbonyl (C=O) groups is 2. The van der Waals surface area contributed by atoms with E-state index in [1.807, 2.05) is 27.7 Å². The molecule has 0 rings (SSSR count). The minimum Gasteiger partial charge on any atom is -0.468 e. The van der Waals surface area contributed by atoms with Gasteiger partial charge in [-0.15, -0.1) is 0 Å². The summed E-state index contributed by atoms with van der Waals surface area (Å²) < 4.78 is 4.61. The zero-order chi connectivity index (χ0) is 12.0. The van der Waals surface area contributed by atoms with Crippen LogP contribution >= 0.6 is 0 Å². The SMILES string of the molecule is CCC(C)NC(=O)C(C(=O)OC)C(C)C. The van der Waals surface area contributed by atoms with Gasteiger partial charge in [0.15, 0.2) is 0 Å². The quantitative estimate of drug-likeness (QED) is 0.556. The van der Waals surface area contributed by atoms with E-state index >= 15 is 0 Å². The van der Waals surface area contributed by atoms with Gasteiger partial charge in [0.1, 0.15) is 5.92 Å². The van der Waals surface area contributed by atoms with Gasteiger partial charge in [-0.2, -0.15) is 0 Å². The fourth-order valence-corrected chi connectivity index (χ4v) is 1.24. The minimum absolute atomic E-state index is 0.0542. The predicted octanol–water partition coefficient (Wildman–Crippen LogP) is 1.35. The highest BCUT2D eigenvalue weighted by Gasteiger charge is 2.31. The lowest BCUT2D eigenvalue weighted by Gasteiger charge is -2.20. The highest BCUT2D eigenvalue weighted by molar-refractivity contribution is 5.98. The molecule has 0 saturated heterocycles. The molecule has 0 aromatic rings. The van der Waals surface area contributed by atoms with Crippen molar-refractivity contribution in [2.24, 2.45) is 11.8 Å². The first-order valence-electron chi connectivity index (χ1n) is 5.32. The van der Waals surface area contributed by atoms with Crippen LogP contribution in [0, 0.1) is 11.8 Å². The topological polar surface area (TPSA) is 55.4 Å². The van der Waals surface area contributed by atoms with Gasteiger partial charge >= 0.3 is 5.97 Å². The van der Waals surface area contributed by atoms with Crippen LogP contribution in [0.2, 0.25) is 0 Å². The number of methoxy groups -OCH3 is 1. The van der Waals surface area contributed by atoms with Crippen LogP contribution in [0.3, 0.4) is 0 Å². The molecule has 0 aliphatic carbocycles. The normalized spacial score (nSPS) is 14.5. The Hall–Kier alpha value is -1.06. The van der Waals surface area contributed by atoms with Crippen LogP contribution in [0.4, 0.5) is 0 Å². The lowest BCUT2D eigenvalue weighted by molar-refractivity contribution is -0.152. The van der Waals surface area contributed by atoms with Crippen molar-refractivity contribution < 1.29 is 14.3 Å². The molecule has 88 valence electrons. The van der Waals surface area contributed by atoms with Gasteiger partial charge in [0.2, 0.25) is 5.91 Å². The molecule has 0 aliphatic heterocycles. The molecule has 1 N–H and O–H groups in total. The van der Waals surface area contributed by atoms with E-state index in [-0.39, 0.29) is 17.9 Å². The van der Waals surface area contributed by atoms with Crippen LogP contribution in [0.15, 0.2) is 0 Å². The predicted molar refractivity (Wildman–Crippen MR) is 58.2 cm³/mol. The molecule has 0 heterocycles. The van der Waals surface area contributed by atoms with Crippen LogP contribution in [-0.4, -0.2) is 25.0 Å². The fraction of sp³-hybridized carbons (Fsp3) is 0.818. The molecule has 0 radical (unpaired) electrons. The summed E-state index contributed by atoms with van der Waals surface area (Å²) in [5.74, 6) is -1.47. The average Bonchev–Trinajstić information content (AvgIpc) is 2.16. The summed E-state index contributed by atoms with van der Waals surface area (Å²) in [5, 5.41) is 2.79. The third-order valence-electron chi connectivity index (χ3n) is 2.41. The van der Waals surface area contributed by atoms with Crippen LogP contribution in [-0.2, 0) is 14.3 Å². The van der Waals surface area contributed by atoms with E-state index in [2.05, 4.69) is 10.1 Å². The molecular formula is C11H21NO3. The third-order valence-corrected chi connectivity index (χ3v) is 2.41. The van der Waals surface area contributed by atoms with Crippen molar-refractivity contribution in [2.45, 2.75) is 40.2 Å². The summed E-state index contributed by atoms with van der Waals surface area (Å²) in [4.78, 5) is 23.1. The molecule has 15 heavy (non-hydrogen) atoms. The van der Waals surface area contributed by atoms with E-state index in [1.165, 1.54) is 7.11 Å². The van der Waals surface area contributed by atoms with Crippen molar-refractivity contribution in [3.8, 4) is 0 Å². The van der Waals surface area contributed by atoms with E-state index in [9.17, 15) is 9.59 Å². The molecule has 0 aromatic heterocycles. The Balaban J connectivity index is 4.50. The number of ether oxygens (including phenoxy) is 1. The van der Waals surface area contributed by atoms with Crippen molar-refractivity contribution in [3.63, 3.8) is 0 Å². The maximum absolute atomic E-state index is 11.7. The molecule has 4 nitrogen and oxygen atoms in total. The Labute approximate surface area is 91.4 Å². The van der Waals surface area contributed by atoms with Crippen LogP contribution in [0.1, 0.15) is 34.1 Å². The summed E-state index contributed by atoms with van der Waals surface area (Å²) in [6.45, 7) is 7.55. The monoisotopic (exact) mass is 215 g/mol. The molecule has 0 fully saturated rings. The summed E-state index contributed by atoms with van der Waals surface area (Å²) in [6, 6.07) is 0.0865. The first-order chi connectivity index (χ1) is 6.93. The largest absolute Gasteiger partial charge is 0.468 e. The van der Waals surface area contributed by atoms with E-state index in [1.54, 1.807) is 0 Å². The second-order valence-corrected chi connectivity index (χ2v) is 4.06. The molecule has 4 heteroatoms. The molecular weight excluding hydrogens is 194 g/mol. The Morgan fingerprint density at radius 2 is 1.80 bits per heavy atom. The van der Waals surface area contributed by atoms with Crippen LogP contribution in [0.25, 0.3) is 0 Å². The third kappa shape index (κ3) is 4.32. The average molecular weight is 215 g/mol. The molecule has 0 aromatic carbocycles. The molecule has 0 spiro atoms. The Kier molecular flexibility index (Phi) is 5.97. The van der Waals surface area contributed by atoms with E-state index in [0.717, 1.165) is 6.42 Å². The summed E-state index contributed by atoms with van der Waals surface area (Å²) in [7, 11) is 1.30. The zero-order valence-electron chi connectivity index (χ0n) is 10.2. The zero-order valence-corrected chi connectivity index (χ0v) is 10.2. The number of hydrogen-bond acceptors (Lipinski definition) is 3. The van der Waals surface area contributed by atoms with Crippen molar-refractivity contribution in [2.75, 3.05) is 7.11 Å². The van der Waals surface area contributed by atoms with Gasteiger partial charge in [-0.25, -0.2) is 0 Å². The summed E-state index contributed by atoms with van der Waals surface area (Å²) >= 11 is 0. The van der Waals surface area contributed by atoms with Gasteiger partial charge in [0, 0.05) is 6.04 Å². The molecule has 2 unspecified atom stereocenters. The maximum atomic E-state index is 11.7. The number of amides is 1. The van der Waals surface area contributed by atoms with E-state index in [4.69, 9.17) is 0 Å². The lowest BCUT2D eigenvalue weighted by atomic mass is 9.94. The molecule has 1 amide bonds. The van der Waals surface area contributed by atoms with Crippen LogP contribution in [0.5, 0.6) is 0 Å². The van der Waals surface area contributed by atoms with Gasteiger partial charge in [-0.3, -0.25) is 9.59 Å². The van der Waals surface area contributed by atoms with Gasteiger partial charge in [0.25, 0.3) is 0 Å². The second-order valence-electron chi connectivity index (χ2n) is 4.06. The van der Waals surface area contributed by atoms with Crippen molar-refractivity contribution in [1.82, 2.24) is 5.32 Å². The number of esters is 1. The molecule has 2 atom stereocenters. The number of hydrogen-bond donors (Lipinski definition) is 1. The van der Waals surface area contributed by atoms with Gasteiger partial charge in [0.05, 0.1) is 7.11 Å². The molecule has 0 saturated carbocycles. The van der Waals surface area contributed by atoms with E-state index < -0.39 is 11.9 Å². The van der Waals surface area contributed by atoms with Gasteiger partial charge in [-0.05, 0) is 19.3 Å². The lowest BCUT2D eigenvalue weighted by Crippen LogP contribution is -2.42. The molecule has 0 bridgehead atoms. The van der Waals surface area contributed by atoms with Crippen molar-refractivity contribution in [3.05, 3.63) is 0 Å². The van der Waals surface area contributed by atoms with Gasteiger partial charge in [-0.1, -0.05) is 20.8 Å². The first kappa shape index (κ1) is 13.9. The van der Waals surface area contributed by atoms with Crippen LogP contribution < -0.4 is 5.32 Å². The fourth-order valence-electron chi connectivity index (χ4n) is 1.24. The first-order valence-corrected chi connectivity index (χ1v) is 5.32. The highest BCUT2D eigenvalue weighted by Crippen LogP contribution is 2.13. The Bertz CT molecular complexity index is 226. The highest BCUT2D eigenvalue weighted by atomic mass is 16.5. The second kappa shape index (κ2) is 6.43. The number of rotatable bonds is 5. The Morgan fingerprint density at radius 3 is 2.13 bits per heavy atom. The molecule has 0 aliphatic rings. The smallest absolute Gasteiger partial charge is 0.318 e. The Morgan fingerprint density at radius 1 is 1.27 bits per heavy atom. The minimum atomic E-state index is -0.705. The standard InChI is InChI=1S/C11H21NO3/c1-6-8(4)12-10(13)9(7(2)3)11(14)15-5/h7-9H,6H2,1-5H3,(H,12,13). The number of carbonyl (C=O) groups excluding carboxylic acids is 2.